The lowest BCUT2D eigenvalue weighted by Crippen LogP contribution is -1.97. The van der Waals surface area contributed by atoms with Crippen LogP contribution in [0.5, 0.6) is 5.75 Å². The number of aromatic hydroxyl groups is 1. The van der Waals surface area contributed by atoms with Crippen LogP contribution in [0.3, 0.4) is 0 Å². The molecule has 17 heavy (non-hydrogen) atoms. The van der Waals surface area contributed by atoms with Crippen LogP contribution in [-0.2, 0) is 12.8 Å². The van der Waals surface area contributed by atoms with Crippen LogP contribution < -0.4 is 0 Å². The molecular formula is C14H13NO2. The molecule has 0 aromatic heterocycles. The number of rotatable bonds is 1. The smallest absolute Gasteiger partial charge is 0.132 e. The Balaban J connectivity index is 2.43. The zero-order valence-electron chi connectivity index (χ0n) is 9.57. The average molecular weight is 227 g/mol. The molecule has 0 spiro atoms. The topological polar surface area (TPSA) is 52.8 Å². The van der Waals surface area contributed by atoms with E-state index in [4.69, 9.17) is 5.21 Å². The lowest BCUT2D eigenvalue weighted by Gasteiger charge is -2.09. The van der Waals surface area contributed by atoms with E-state index in [-0.39, 0.29) is 5.75 Å². The highest BCUT2D eigenvalue weighted by atomic mass is 16.4. The molecule has 0 atom stereocenters. The van der Waals surface area contributed by atoms with E-state index in [2.05, 4.69) is 11.2 Å². The SMILES string of the molecule is C/C(=N\O)c1cc2c3c(cccc3c1O)CC2. The van der Waals surface area contributed by atoms with Crippen LogP contribution in [0.25, 0.3) is 10.8 Å². The van der Waals surface area contributed by atoms with Crippen molar-refractivity contribution in [2.24, 2.45) is 5.16 Å². The van der Waals surface area contributed by atoms with Crippen LogP contribution in [0.15, 0.2) is 29.4 Å². The molecule has 0 saturated heterocycles. The third-order valence-corrected chi connectivity index (χ3v) is 3.50. The van der Waals surface area contributed by atoms with Crippen LogP contribution in [0, 0.1) is 0 Å². The predicted molar refractivity (Wildman–Crippen MR) is 67.0 cm³/mol. The fourth-order valence-electron chi connectivity index (χ4n) is 2.64. The predicted octanol–water partition coefficient (Wildman–Crippen LogP) is 2.84. The van der Waals surface area contributed by atoms with Crippen molar-refractivity contribution in [3.63, 3.8) is 0 Å². The molecule has 2 aromatic carbocycles. The van der Waals surface area contributed by atoms with E-state index < -0.39 is 0 Å². The van der Waals surface area contributed by atoms with Crippen molar-refractivity contribution in [3.8, 4) is 5.75 Å². The van der Waals surface area contributed by atoms with Gasteiger partial charge in [-0.05, 0) is 42.3 Å². The Morgan fingerprint density at radius 1 is 1.24 bits per heavy atom. The maximum Gasteiger partial charge on any atom is 0.132 e. The van der Waals surface area contributed by atoms with E-state index >= 15 is 0 Å². The molecule has 2 N–H and O–H groups in total. The second-order valence-electron chi connectivity index (χ2n) is 4.46. The zero-order valence-corrected chi connectivity index (χ0v) is 9.57. The fraction of sp³-hybridized carbons (Fsp3) is 0.214. The summed E-state index contributed by atoms with van der Waals surface area (Å²) in [7, 11) is 0. The lowest BCUT2D eigenvalue weighted by atomic mass is 9.98. The fourth-order valence-corrected chi connectivity index (χ4v) is 2.64. The monoisotopic (exact) mass is 227 g/mol. The molecule has 0 saturated carbocycles. The van der Waals surface area contributed by atoms with Gasteiger partial charge in [0, 0.05) is 10.9 Å². The highest BCUT2D eigenvalue weighted by molar-refractivity contribution is 6.08. The van der Waals surface area contributed by atoms with Crippen molar-refractivity contribution in [3.05, 3.63) is 41.0 Å². The summed E-state index contributed by atoms with van der Waals surface area (Å²) in [5.41, 5.74) is 3.58. The van der Waals surface area contributed by atoms with Crippen molar-refractivity contribution in [1.82, 2.24) is 0 Å². The minimum atomic E-state index is 0.211. The van der Waals surface area contributed by atoms with Gasteiger partial charge in [0.05, 0.1) is 5.71 Å². The van der Waals surface area contributed by atoms with Gasteiger partial charge in [-0.15, -0.1) is 0 Å². The van der Waals surface area contributed by atoms with Gasteiger partial charge in [-0.3, -0.25) is 0 Å². The summed E-state index contributed by atoms with van der Waals surface area (Å²) < 4.78 is 0. The Hall–Kier alpha value is -2.03. The second-order valence-corrected chi connectivity index (χ2v) is 4.46. The Labute approximate surface area is 99.0 Å². The van der Waals surface area contributed by atoms with E-state index in [9.17, 15) is 5.11 Å². The van der Waals surface area contributed by atoms with Gasteiger partial charge in [-0.1, -0.05) is 23.4 Å². The Kier molecular flexibility index (Phi) is 2.08. The quantitative estimate of drug-likeness (QED) is 0.447. The van der Waals surface area contributed by atoms with Crippen LogP contribution in [0.1, 0.15) is 23.6 Å². The summed E-state index contributed by atoms with van der Waals surface area (Å²) in [5.74, 6) is 0.211. The van der Waals surface area contributed by atoms with Gasteiger partial charge in [-0.2, -0.15) is 0 Å². The van der Waals surface area contributed by atoms with Gasteiger partial charge in [0.15, 0.2) is 0 Å². The molecule has 2 aromatic rings. The standard InChI is InChI=1S/C14H13NO2/c1-8(15-17)12-7-10-6-5-9-3-2-4-11(13(9)10)14(12)16/h2-4,7,16-17H,5-6H2,1H3/b15-8+. The van der Waals surface area contributed by atoms with Crippen molar-refractivity contribution >= 4 is 16.5 Å². The van der Waals surface area contributed by atoms with E-state index in [1.807, 2.05) is 18.2 Å². The molecule has 0 radical (unpaired) electrons. The van der Waals surface area contributed by atoms with Crippen molar-refractivity contribution < 1.29 is 10.3 Å². The number of phenols is 1. The lowest BCUT2D eigenvalue weighted by molar-refractivity contribution is 0.319. The molecule has 0 aliphatic heterocycles. The minimum absolute atomic E-state index is 0.211. The van der Waals surface area contributed by atoms with Crippen LogP contribution in [-0.4, -0.2) is 16.0 Å². The Bertz CT molecular complexity index is 644. The van der Waals surface area contributed by atoms with Gasteiger partial charge in [-0.25, -0.2) is 0 Å². The first-order valence-electron chi connectivity index (χ1n) is 5.68. The molecule has 86 valence electrons. The molecule has 1 aliphatic rings. The van der Waals surface area contributed by atoms with Gasteiger partial charge < -0.3 is 10.3 Å². The van der Waals surface area contributed by atoms with Gasteiger partial charge >= 0.3 is 0 Å². The first kappa shape index (κ1) is 10.1. The normalized spacial score (nSPS) is 14.5. The number of nitrogens with zero attached hydrogens (tertiary/aromatic N) is 1. The second kappa shape index (κ2) is 3.48. The van der Waals surface area contributed by atoms with Crippen LogP contribution in [0.4, 0.5) is 0 Å². The zero-order chi connectivity index (χ0) is 12.0. The van der Waals surface area contributed by atoms with Crippen molar-refractivity contribution in [2.45, 2.75) is 19.8 Å². The molecule has 3 rings (SSSR count). The summed E-state index contributed by atoms with van der Waals surface area (Å²) in [6.45, 7) is 1.69. The summed E-state index contributed by atoms with van der Waals surface area (Å²) >= 11 is 0. The van der Waals surface area contributed by atoms with E-state index in [1.54, 1.807) is 6.92 Å². The maximum atomic E-state index is 10.2. The molecule has 0 fully saturated rings. The number of hydrogen-bond acceptors (Lipinski definition) is 3. The van der Waals surface area contributed by atoms with E-state index in [1.165, 1.54) is 16.5 Å². The molecule has 0 heterocycles. The number of hydrogen-bond donors (Lipinski definition) is 2. The molecular weight excluding hydrogens is 214 g/mol. The maximum absolute atomic E-state index is 10.2. The van der Waals surface area contributed by atoms with Gasteiger partial charge in [0.2, 0.25) is 0 Å². The highest BCUT2D eigenvalue weighted by Crippen LogP contribution is 2.38. The van der Waals surface area contributed by atoms with Gasteiger partial charge in [0.1, 0.15) is 5.75 Å². The molecule has 0 unspecified atom stereocenters. The Morgan fingerprint density at radius 3 is 2.76 bits per heavy atom. The largest absolute Gasteiger partial charge is 0.507 e. The summed E-state index contributed by atoms with van der Waals surface area (Å²) in [6, 6.07) is 7.91. The van der Waals surface area contributed by atoms with Crippen molar-refractivity contribution in [2.75, 3.05) is 0 Å². The molecule has 1 aliphatic carbocycles. The molecule has 3 heteroatoms. The van der Waals surface area contributed by atoms with Gasteiger partial charge in [0.25, 0.3) is 0 Å². The first-order valence-corrected chi connectivity index (χ1v) is 5.68. The Morgan fingerprint density at radius 2 is 2.00 bits per heavy atom. The third-order valence-electron chi connectivity index (χ3n) is 3.50. The number of phenolic OH excluding ortho intramolecular Hbond substituents is 1. The molecule has 0 bridgehead atoms. The van der Waals surface area contributed by atoms with Crippen molar-refractivity contribution in [1.29, 1.82) is 0 Å². The third kappa shape index (κ3) is 1.32. The molecule has 3 nitrogen and oxygen atoms in total. The average Bonchev–Trinajstić information content (AvgIpc) is 2.77. The summed E-state index contributed by atoms with van der Waals surface area (Å²) in [4.78, 5) is 0. The first-order chi connectivity index (χ1) is 8.22. The summed E-state index contributed by atoms with van der Waals surface area (Å²) in [5, 5.41) is 24.3. The summed E-state index contributed by atoms with van der Waals surface area (Å²) in [6.07, 6.45) is 2.01. The number of benzene rings is 2. The van der Waals surface area contributed by atoms with E-state index in [0.29, 0.717) is 11.3 Å². The number of oxime groups is 1. The minimum Gasteiger partial charge on any atom is -0.507 e. The number of aryl methyl sites for hydroxylation is 2. The highest BCUT2D eigenvalue weighted by Gasteiger charge is 2.19. The van der Waals surface area contributed by atoms with E-state index in [0.717, 1.165) is 18.2 Å². The molecule has 0 amide bonds. The van der Waals surface area contributed by atoms with Crippen LogP contribution >= 0.6 is 0 Å². The van der Waals surface area contributed by atoms with Crippen LogP contribution in [0.2, 0.25) is 0 Å².